The average Bonchev–Trinajstić information content (AvgIpc) is 2.48. The molecule has 0 aliphatic carbocycles. The molecule has 1 aliphatic rings. The minimum absolute atomic E-state index is 0.0480. The summed E-state index contributed by atoms with van der Waals surface area (Å²) >= 11 is 0. The maximum Gasteiger partial charge on any atom is 0.258 e. The van der Waals surface area contributed by atoms with Crippen molar-refractivity contribution < 1.29 is 9.18 Å². The molecule has 2 aromatic carbocycles. The van der Waals surface area contributed by atoms with E-state index < -0.39 is 0 Å². The zero-order valence-corrected chi connectivity index (χ0v) is 11.0. The van der Waals surface area contributed by atoms with E-state index in [2.05, 4.69) is 0 Å². The molecule has 4 heteroatoms. The van der Waals surface area contributed by atoms with Crippen molar-refractivity contribution in [3.63, 3.8) is 0 Å². The van der Waals surface area contributed by atoms with Gasteiger partial charge in [-0.2, -0.15) is 0 Å². The van der Waals surface area contributed by atoms with Crippen LogP contribution in [0.3, 0.4) is 0 Å². The molecule has 3 nitrogen and oxygen atoms in total. The van der Waals surface area contributed by atoms with Gasteiger partial charge in [0.25, 0.3) is 5.91 Å². The van der Waals surface area contributed by atoms with E-state index in [-0.39, 0.29) is 18.3 Å². The number of anilines is 1. The first-order valence-corrected chi connectivity index (χ1v) is 6.59. The lowest BCUT2D eigenvalue weighted by Gasteiger charge is -2.30. The van der Waals surface area contributed by atoms with Crippen molar-refractivity contribution in [2.45, 2.75) is 13.0 Å². The summed E-state index contributed by atoms with van der Waals surface area (Å²) in [6.45, 7) is 0.799. The predicted octanol–water partition coefficient (Wildman–Crippen LogP) is 2.49. The molecule has 20 heavy (non-hydrogen) atoms. The lowest BCUT2D eigenvalue weighted by molar-refractivity contribution is 0.0980. The topological polar surface area (TPSA) is 46.3 Å². The third kappa shape index (κ3) is 2.08. The SMILES string of the molecule is NCc1cc(F)ccc1N1CCc2ccccc2C1=O. The normalized spacial score (nSPS) is 14.3. The fraction of sp³-hybridized carbons (Fsp3) is 0.188. The summed E-state index contributed by atoms with van der Waals surface area (Å²) in [6, 6.07) is 12.0. The number of benzene rings is 2. The zero-order chi connectivity index (χ0) is 14.1. The van der Waals surface area contributed by atoms with Crippen LogP contribution in [0.5, 0.6) is 0 Å². The van der Waals surface area contributed by atoms with Crippen LogP contribution in [0.15, 0.2) is 42.5 Å². The van der Waals surface area contributed by atoms with Crippen molar-refractivity contribution in [3.8, 4) is 0 Å². The molecule has 2 aromatic rings. The fourth-order valence-corrected chi connectivity index (χ4v) is 2.64. The largest absolute Gasteiger partial charge is 0.326 e. The maximum absolute atomic E-state index is 13.3. The summed E-state index contributed by atoms with van der Waals surface area (Å²) in [7, 11) is 0. The Hall–Kier alpha value is -2.20. The number of hydrogen-bond acceptors (Lipinski definition) is 2. The molecule has 1 amide bonds. The molecule has 0 aromatic heterocycles. The monoisotopic (exact) mass is 270 g/mol. The van der Waals surface area contributed by atoms with Gasteiger partial charge in [0, 0.05) is 24.3 Å². The smallest absolute Gasteiger partial charge is 0.258 e. The van der Waals surface area contributed by atoms with E-state index in [0.717, 1.165) is 12.0 Å². The Morgan fingerprint density at radius 3 is 2.80 bits per heavy atom. The highest BCUT2D eigenvalue weighted by molar-refractivity contribution is 6.08. The highest BCUT2D eigenvalue weighted by atomic mass is 19.1. The molecule has 0 bridgehead atoms. The van der Waals surface area contributed by atoms with E-state index in [1.54, 1.807) is 11.0 Å². The Labute approximate surface area is 116 Å². The van der Waals surface area contributed by atoms with Crippen LogP contribution in [0.2, 0.25) is 0 Å². The summed E-state index contributed by atoms with van der Waals surface area (Å²) in [4.78, 5) is 14.2. The number of fused-ring (bicyclic) bond motifs is 1. The third-order valence-electron chi connectivity index (χ3n) is 3.65. The lowest BCUT2D eigenvalue weighted by Crippen LogP contribution is -2.38. The van der Waals surface area contributed by atoms with Crippen LogP contribution in [0.25, 0.3) is 0 Å². The number of hydrogen-bond donors (Lipinski definition) is 1. The standard InChI is InChI=1S/C16H15FN2O/c17-13-5-6-15(12(9-13)10-18)19-8-7-11-3-1-2-4-14(11)16(19)20/h1-6,9H,7-8,10,18H2. The van der Waals surface area contributed by atoms with Gasteiger partial charge in [0.1, 0.15) is 5.82 Å². The third-order valence-corrected chi connectivity index (χ3v) is 3.65. The van der Waals surface area contributed by atoms with Crippen molar-refractivity contribution in [2.24, 2.45) is 5.73 Å². The molecular weight excluding hydrogens is 255 g/mol. The van der Waals surface area contributed by atoms with E-state index in [4.69, 9.17) is 5.73 Å². The lowest BCUT2D eigenvalue weighted by atomic mass is 9.98. The van der Waals surface area contributed by atoms with Crippen molar-refractivity contribution in [3.05, 3.63) is 65.0 Å². The molecule has 0 atom stereocenters. The van der Waals surface area contributed by atoms with Crippen LogP contribution in [0.1, 0.15) is 21.5 Å². The summed E-state index contributed by atoms with van der Waals surface area (Å²) in [5, 5.41) is 0. The van der Waals surface area contributed by atoms with Crippen molar-refractivity contribution >= 4 is 11.6 Å². The van der Waals surface area contributed by atoms with Gasteiger partial charge >= 0.3 is 0 Å². The van der Waals surface area contributed by atoms with Gasteiger partial charge in [0.15, 0.2) is 0 Å². The molecule has 1 heterocycles. The number of carbonyl (C=O) groups excluding carboxylic acids is 1. The Bertz CT molecular complexity index is 669. The number of nitrogens with zero attached hydrogens (tertiary/aromatic N) is 1. The van der Waals surface area contributed by atoms with Gasteiger partial charge in [0.05, 0.1) is 0 Å². The van der Waals surface area contributed by atoms with Gasteiger partial charge < -0.3 is 10.6 Å². The number of carbonyl (C=O) groups is 1. The van der Waals surface area contributed by atoms with Crippen molar-refractivity contribution in [2.75, 3.05) is 11.4 Å². The van der Waals surface area contributed by atoms with Crippen LogP contribution in [0, 0.1) is 5.82 Å². The van der Waals surface area contributed by atoms with Gasteiger partial charge in [-0.1, -0.05) is 18.2 Å². The second kappa shape index (κ2) is 5.06. The quantitative estimate of drug-likeness (QED) is 0.911. The van der Waals surface area contributed by atoms with Crippen LogP contribution in [-0.4, -0.2) is 12.5 Å². The minimum Gasteiger partial charge on any atom is -0.326 e. The molecule has 0 saturated carbocycles. The molecule has 102 valence electrons. The van der Waals surface area contributed by atoms with E-state index >= 15 is 0 Å². The Balaban J connectivity index is 2.03. The minimum atomic E-state index is -0.334. The predicted molar refractivity (Wildman–Crippen MR) is 76.1 cm³/mol. The Kier molecular flexibility index (Phi) is 3.24. The first kappa shape index (κ1) is 12.8. The first-order chi connectivity index (χ1) is 9.70. The summed E-state index contributed by atoms with van der Waals surface area (Å²) < 4.78 is 13.3. The van der Waals surface area contributed by atoms with Crippen LogP contribution in [-0.2, 0) is 13.0 Å². The van der Waals surface area contributed by atoms with Gasteiger partial charge in [0.2, 0.25) is 0 Å². The Morgan fingerprint density at radius 2 is 2.00 bits per heavy atom. The van der Waals surface area contributed by atoms with Gasteiger partial charge in [-0.25, -0.2) is 4.39 Å². The number of amides is 1. The zero-order valence-electron chi connectivity index (χ0n) is 11.0. The second-order valence-corrected chi connectivity index (χ2v) is 4.84. The van der Waals surface area contributed by atoms with Crippen LogP contribution < -0.4 is 10.6 Å². The van der Waals surface area contributed by atoms with Gasteiger partial charge in [-0.05, 0) is 41.8 Å². The second-order valence-electron chi connectivity index (χ2n) is 4.84. The van der Waals surface area contributed by atoms with Crippen LogP contribution in [0.4, 0.5) is 10.1 Å². The van der Waals surface area contributed by atoms with E-state index in [9.17, 15) is 9.18 Å². The molecule has 0 radical (unpaired) electrons. The summed E-state index contributed by atoms with van der Waals surface area (Å²) in [5.41, 5.74) is 8.79. The van der Waals surface area contributed by atoms with Crippen molar-refractivity contribution in [1.82, 2.24) is 0 Å². The van der Waals surface area contributed by atoms with E-state index in [1.165, 1.54) is 12.1 Å². The summed E-state index contributed by atoms with van der Waals surface area (Å²) in [6.07, 6.45) is 0.795. The molecule has 1 aliphatic heterocycles. The molecule has 0 fully saturated rings. The number of nitrogens with two attached hydrogens (primary N) is 1. The van der Waals surface area contributed by atoms with Crippen LogP contribution >= 0.6 is 0 Å². The molecule has 3 rings (SSSR count). The highest BCUT2D eigenvalue weighted by Gasteiger charge is 2.26. The maximum atomic E-state index is 13.3. The molecule has 2 N–H and O–H groups in total. The number of halogens is 1. The van der Waals surface area contributed by atoms with E-state index in [1.807, 2.05) is 24.3 Å². The average molecular weight is 270 g/mol. The van der Waals surface area contributed by atoms with Gasteiger partial charge in [-0.3, -0.25) is 4.79 Å². The molecule has 0 unspecified atom stereocenters. The van der Waals surface area contributed by atoms with Gasteiger partial charge in [-0.15, -0.1) is 0 Å². The first-order valence-electron chi connectivity index (χ1n) is 6.59. The molecule has 0 spiro atoms. The number of rotatable bonds is 2. The van der Waals surface area contributed by atoms with E-state index in [0.29, 0.717) is 23.4 Å². The molecule has 0 saturated heterocycles. The fourth-order valence-electron chi connectivity index (χ4n) is 2.64. The highest BCUT2D eigenvalue weighted by Crippen LogP contribution is 2.27. The Morgan fingerprint density at radius 1 is 1.20 bits per heavy atom. The summed E-state index contributed by atoms with van der Waals surface area (Å²) in [5.74, 6) is -0.382. The van der Waals surface area contributed by atoms with Crippen molar-refractivity contribution in [1.29, 1.82) is 0 Å². The molecular formula is C16H15FN2O.